The Balaban J connectivity index is 2.02. The van der Waals surface area contributed by atoms with Gasteiger partial charge < -0.3 is 10.1 Å². The Kier molecular flexibility index (Phi) is 3.18. The van der Waals surface area contributed by atoms with Crippen molar-refractivity contribution in [2.24, 2.45) is 10.4 Å². The van der Waals surface area contributed by atoms with Crippen molar-refractivity contribution in [1.82, 2.24) is 0 Å². The summed E-state index contributed by atoms with van der Waals surface area (Å²) in [5, 5.41) is 13.5. The van der Waals surface area contributed by atoms with Crippen LogP contribution in [-0.4, -0.2) is 24.1 Å². The third-order valence-electron chi connectivity index (χ3n) is 2.58. The highest BCUT2D eigenvalue weighted by molar-refractivity contribution is 5.89. The molecular weight excluding hydrogens is 234 g/mol. The summed E-state index contributed by atoms with van der Waals surface area (Å²) in [6.45, 7) is 5.46. The van der Waals surface area contributed by atoms with Gasteiger partial charge in [0.15, 0.2) is 0 Å². The van der Waals surface area contributed by atoms with E-state index in [1.54, 1.807) is 12.1 Å². The summed E-state index contributed by atoms with van der Waals surface area (Å²) in [6.07, 6.45) is 0. The molecule has 1 N–H and O–H groups in total. The van der Waals surface area contributed by atoms with Gasteiger partial charge in [-0.1, -0.05) is 13.8 Å². The van der Waals surface area contributed by atoms with Crippen LogP contribution in [0.3, 0.4) is 0 Å². The Morgan fingerprint density at radius 1 is 1.39 bits per heavy atom. The molecule has 1 aromatic carbocycles. The van der Waals surface area contributed by atoms with E-state index in [1.165, 1.54) is 12.1 Å². The lowest BCUT2D eigenvalue weighted by Crippen LogP contribution is -2.33. The molecule has 1 aliphatic heterocycles. The highest BCUT2D eigenvalue weighted by Crippen LogP contribution is 2.21. The molecule has 1 aliphatic rings. The summed E-state index contributed by atoms with van der Waals surface area (Å²) in [4.78, 5) is 14.4. The van der Waals surface area contributed by atoms with Gasteiger partial charge in [0.1, 0.15) is 0 Å². The maximum Gasteiger partial charge on any atom is 0.289 e. The Labute approximate surface area is 105 Å². The van der Waals surface area contributed by atoms with Crippen LogP contribution >= 0.6 is 0 Å². The van der Waals surface area contributed by atoms with E-state index in [0.29, 0.717) is 19.2 Å². The lowest BCUT2D eigenvalue weighted by atomic mass is 9.95. The predicted molar refractivity (Wildman–Crippen MR) is 68.8 cm³/mol. The molecule has 6 nitrogen and oxygen atoms in total. The molecule has 0 saturated heterocycles. The second kappa shape index (κ2) is 4.64. The molecule has 0 saturated carbocycles. The van der Waals surface area contributed by atoms with Crippen molar-refractivity contribution in [3.8, 4) is 0 Å². The van der Waals surface area contributed by atoms with Crippen LogP contribution in [0.4, 0.5) is 11.4 Å². The van der Waals surface area contributed by atoms with E-state index in [-0.39, 0.29) is 11.1 Å². The number of benzene rings is 1. The summed E-state index contributed by atoms with van der Waals surface area (Å²) in [6, 6.07) is 6.60. The molecule has 0 unspecified atom stereocenters. The second-order valence-corrected chi connectivity index (χ2v) is 5.00. The molecule has 2 rings (SSSR count). The highest BCUT2D eigenvalue weighted by atomic mass is 16.6. The van der Waals surface area contributed by atoms with E-state index in [9.17, 15) is 10.1 Å². The van der Waals surface area contributed by atoms with Crippen molar-refractivity contribution < 1.29 is 9.66 Å². The van der Waals surface area contributed by atoms with Crippen LogP contribution in [0.5, 0.6) is 0 Å². The van der Waals surface area contributed by atoms with Gasteiger partial charge in [0.05, 0.1) is 18.1 Å². The van der Waals surface area contributed by atoms with Crippen molar-refractivity contribution in [2.45, 2.75) is 13.8 Å². The van der Waals surface area contributed by atoms with E-state index in [1.807, 2.05) is 0 Å². The molecule has 96 valence electrons. The van der Waals surface area contributed by atoms with E-state index in [0.717, 1.165) is 5.69 Å². The Morgan fingerprint density at radius 2 is 2.06 bits per heavy atom. The van der Waals surface area contributed by atoms with Crippen LogP contribution in [-0.2, 0) is 4.74 Å². The van der Waals surface area contributed by atoms with E-state index in [2.05, 4.69) is 24.2 Å². The summed E-state index contributed by atoms with van der Waals surface area (Å²) in [5.74, 6) is 0. The maximum absolute atomic E-state index is 10.5. The molecule has 0 bridgehead atoms. The predicted octanol–water partition coefficient (Wildman–Crippen LogP) is 2.42. The molecule has 0 radical (unpaired) electrons. The summed E-state index contributed by atoms with van der Waals surface area (Å²) in [7, 11) is 0. The number of anilines is 1. The molecule has 0 aromatic heterocycles. The number of ether oxygens (including phenoxy) is 1. The summed E-state index contributed by atoms with van der Waals surface area (Å²) >= 11 is 0. The van der Waals surface area contributed by atoms with Crippen LogP contribution in [0.2, 0.25) is 0 Å². The first kappa shape index (κ1) is 12.3. The van der Waals surface area contributed by atoms with Crippen molar-refractivity contribution in [3.63, 3.8) is 0 Å². The van der Waals surface area contributed by atoms with Gasteiger partial charge in [-0.15, -0.1) is 0 Å². The van der Waals surface area contributed by atoms with Gasteiger partial charge in [0.25, 0.3) is 11.7 Å². The Bertz CT molecular complexity index is 480. The summed E-state index contributed by atoms with van der Waals surface area (Å²) in [5.41, 5.74) is 0.841. The SMILES string of the molecule is CC1(C)CN=C(Nc2ccc([N+](=O)[O-])cc2)OC1. The number of non-ortho nitro benzene ring substituents is 1. The minimum Gasteiger partial charge on any atom is -0.464 e. The Morgan fingerprint density at radius 3 is 2.56 bits per heavy atom. The zero-order chi connectivity index (χ0) is 13.2. The van der Waals surface area contributed by atoms with Gasteiger partial charge in [-0.3, -0.25) is 10.1 Å². The first-order valence-corrected chi connectivity index (χ1v) is 5.65. The molecule has 6 heteroatoms. The largest absolute Gasteiger partial charge is 0.464 e. The van der Waals surface area contributed by atoms with Crippen LogP contribution in [0, 0.1) is 15.5 Å². The molecule has 18 heavy (non-hydrogen) atoms. The first-order valence-electron chi connectivity index (χ1n) is 5.65. The van der Waals surface area contributed by atoms with Crippen LogP contribution in [0.25, 0.3) is 0 Å². The van der Waals surface area contributed by atoms with Gasteiger partial charge in [0.2, 0.25) is 0 Å². The summed E-state index contributed by atoms with van der Waals surface area (Å²) < 4.78 is 5.48. The maximum atomic E-state index is 10.5. The number of hydrogen-bond donors (Lipinski definition) is 1. The molecule has 1 heterocycles. The fraction of sp³-hybridized carbons (Fsp3) is 0.417. The topological polar surface area (TPSA) is 76.8 Å². The molecule has 0 atom stereocenters. The monoisotopic (exact) mass is 249 g/mol. The number of hydrogen-bond acceptors (Lipinski definition) is 5. The van der Waals surface area contributed by atoms with Crippen LogP contribution < -0.4 is 5.32 Å². The van der Waals surface area contributed by atoms with Crippen molar-refractivity contribution in [3.05, 3.63) is 34.4 Å². The van der Waals surface area contributed by atoms with Crippen LogP contribution in [0.1, 0.15) is 13.8 Å². The number of rotatable bonds is 2. The van der Waals surface area contributed by atoms with Gasteiger partial charge in [-0.05, 0) is 12.1 Å². The number of nitro benzene ring substituents is 1. The third-order valence-corrected chi connectivity index (χ3v) is 2.58. The molecule has 0 spiro atoms. The minimum absolute atomic E-state index is 0.0562. The average Bonchev–Trinajstić information content (AvgIpc) is 2.33. The molecule has 1 aromatic rings. The fourth-order valence-corrected chi connectivity index (χ4v) is 1.51. The lowest BCUT2D eigenvalue weighted by molar-refractivity contribution is -0.384. The molecule has 0 amide bonds. The number of aliphatic imine (C=N–C) groups is 1. The smallest absolute Gasteiger partial charge is 0.289 e. The normalized spacial score (nSPS) is 17.6. The number of amidine groups is 1. The first-order chi connectivity index (χ1) is 8.46. The number of nitro groups is 1. The van der Waals surface area contributed by atoms with E-state index in [4.69, 9.17) is 4.74 Å². The number of nitrogens with one attached hydrogen (secondary N) is 1. The zero-order valence-corrected chi connectivity index (χ0v) is 10.3. The van der Waals surface area contributed by atoms with E-state index < -0.39 is 4.92 Å². The average molecular weight is 249 g/mol. The quantitative estimate of drug-likeness (QED) is 0.645. The standard InChI is InChI=1S/C12H15N3O3/c1-12(2)7-13-11(18-8-12)14-9-3-5-10(6-4-9)15(16)17/h3-6H,7-8H2,1-2H3,(H,13,14). The lowest BCUT2D eigenvalue weighted by Gasteiger charge is -2.28. The van der Waals surface area contributed by atoms with Crippen molar-refractivity contribution >= 4 is 17.4 Å². The van der Waals surface area contributed by atoms with Crippen LogP contribution in [0.15, 0.2) is 29.3 Å². The van der Waals surface area contributed by atoms with Crippen molar-refractivity contribution in [2.75, 3.05) is 18.5 Å². The molecule has 0 aliphatic carbocycles. The minimum atomic E-state index is -0.430. The fourth-order valence-electron chi connectivity index (χ4n) is 1.51. The third kappa shape index (κ3) is 2.97. The Hall–Kier alpha value is -2.11. The molecular formula is C12H15N3O3. The number of nitrogens with zero attached hydrogens (tertiary/aromatic N) is 2. The second-order valence-electron chi connectivity index (χ2n) is 5.00. The van der Waals surface area contributed by atoms with Gasteiger partial charge in [-0.2, -0.15) is 0 Å². The van der Waals surface area contributed by atoms with Gasteiger partial charge in [0, 0.05) is 23.2 Å². The van der Waals surface area contributed by atoms with Gasteiger partial charge >= 0.3 is 0 Å². The highest BCUT2D eigenvalue weighted by Gasteiger charge is 2.24. The van der Waals surface area contributed by atoms with E-state index >= 15 is 0 Å². The van der Waals surface area contributed by atoms with Crippen molar-refractivity contribution in [1.29, 1.82) is 0 Å². The van der Waals surface area contributed by atoms with Gasteiger partial charge in [-0.25, -0.2) is 4.99 Å². The zero-order valence-electron chi connectivity index (χ0n) is 10.3. The molecule has 0 fully saturated rings.